The topological polar surface area (TPSA) is 71.5 Å². The number of hydrogen-bond acceptors (Lipinski definition) is 4. The third-order valence-electron chi connectivity index (χ3n) is 3.58. The Morgan fingerprint density at radius 3 is 2.57 bits per heavy atom. The Hall–Kier alpha value is -1.90. The fourth-order valence-corrected chi connectivity index (χ4v) is 2.21. The first-order valence-electron chi connectivity index (χ1n) is 7.02. The minimum atomic E-state index is -4.26. The van der Waals surface area contributed by atoms with Crippen molar-refractivity contribution in [3.05, 3.63) is 18.3 Å². The summed E-state index contributed by atoms with van der Waals surface area (Å²) in [5.74, 6) is -5.10. The number of rotatable bonds is 6. The fourth-order valence-electron chi connectivity index (χ4n) is 2.21. The molecule has 1 heterocycles. The maximum Gasteiger partial charge on any atom is 0.340 e. The van der Waals surface area contributed by atoms with Crippen molar-refractivity contribution in [2.24, 2.45) is 0 Å². The van der Waals surface area contributed by atoms with Crippen molar-refractivity contribution in [3.63, 3.8) is 0 Å². The van der Waals surface area contributed by atoms with Crippen LogP contribution in [0, 0.1) is 0 Å². The van der Waals surface area contributed by atoms with Gasteiger partial charge in [-0.25, -0.2) is 13.8 Å². The van der Waals surface area contributed by atoms with E-state index < -0.39 is 30.5 Å². The van der Waals surface area contributed by atoms with E-state index in [1.54, 1.807) is 0 Å². The molecule has 0 aromatic carbocycles. The van der Waals surface area contributed by atoms with Crippen LogP contribution in [0.5, 0.6) is 5.88 Å². The van der Waals surface area contributed by atoms with Gasteiger partial charge in [0.2, 0.25) is 5.88 Å². The van der Waals surface area contributed by atoms with E-state index in [0.29, 0.717) is 12.8 Å². The van der Waals surface area contributed by atoms with Crippen LogP contribution in [0.4, 0.5) is 23.2 Å². The van der Waals surface area contributed by atoms with E-state index in [1.807, 2.05) is 0 Å². The Kier molecular flexibility index (Phi) is 5.08. The highest BCUT2D eigenvalue weighted by molar-refractivity contribution is 5.97. The van der Waals surface area contributed by atoms with Crippen molar-refractivity contribution in [3.8, 4) is 5.88 Å². The number of hydrogen-bond donors (Lipinski definition) is 2. The fraction of sp³-hybridized carbons (Fsp3) is 0.571. The minimum absolute atomic E-state index is 0.239. The summed E-state index contributed by atoms with van der Waals surface area (Å²) >= 11 is 0. The number of pyridine rings is 1. The van der Waals surface area contributed by atoms with Crippen LogP contribution in [0.1, 0.15) is 25.7 Å². The quantitative estimate of drug-likeness (QED) is 0.784. The lowest BCUT2D eigenvalue weighted by Crippen LogP contribution is -2.40. The van der Waals surface area contributed by atoms with Crippen molar-refractivity contribution >= 4 is 11.6 Å². The van der Waals surface area contributed by atoms with Gasteiger partial charge in [0.25, 0.3) is 5.91 Å². The van der Waals surface area contributed by atoms with Gasteiger partial charge in [0.15, 0.2) is 6.61 Å². The monoisotopic (exact) mass is 336 g/mol. The normalized spacial score (nSPS) is 17.3. The van der Waals surface area contributed by atoms with Gasteiger partial charge < -0.3 is 15.2 Å². The molecule has 0 spiro atoms. The SMILES string of the molecule is O=C(Nc1ccc(OCC(F)(F)C(F)F)nc1)C1(O)CCCC1. The first-order valence-corrected chi connectivity index (χ1v) is 7.02. The van der Waals surface area contributed by atoms with Gasteiger partial charge in [0.05, 0.1) is 11.9 Å². The van der Waals surface area contributed by atoms with E-state index in [2.05, 4.69) is 15.0 Å². The first-order chi connectivity index (χ1) is 10.7. The van der Waals surface area contributed by atoms with Crippen LogP contribution >= 0.6 is 0 Å². The summed E-state index contributed by atoms with van der Waals surface area (Å²) in [6.07, 6.45) is -0.438. The second-order valence-corrected chi connectivity index (χ2v) is 5.43. The van der Waals surface area contributed by atoms with Crippen LogP contribution in [-0.4, -0.2) is 40.6 Å². The van der Waals surface area contributed by atoms with Gasteiger partial charge in [-0.2, -0.15) is 8.78 Å². The van der Waals surface area contributed by atoms with Crippen LogP contribution in [0.15, 0.2) is 18.3 Å². The molecule has 9 heteroatoms. The molecule has 0 saturated heterocycles. The molecule has 2 N–H and O–H groups in total. The van der Waals surface area contributed by atoms with E-state index in [4.69, 9.17) is 0 Å². The lowest BCUT2D eigenvalue weighted by molar-refractivity contribution is -0.148. The molecule has 0 aliphatic heterocycles. The molecule has 128 valence electrons. The summed E-state index contributed by atoms with van der Waals surface area (Å²) in [4.78, 5) is 15.6. The smallest absolute Gasteiger partial charge is 0.340 e. The second-order valence-electron chi connectivity index (χ2n) is 5.43. The number of amides is 1. The Morgan fingerprint density at radius 1 is 1.39 bits per heavy atom. The van der Waals surface area contributed by atoms with E-state index in [9.17, 15) is 27.5 Å². The molecule has 1 aliphatic carbocycles. The Labute approximate surface area is 129 Å². The summed E-state index contributed by atoms with van der Waals surface area (Å²) in [5, 5.41) is 12.6. The number of aliphatic hydroxyl groups is 1. The molecule has 1 amide bonds. The summed E-state index contributed by atoms with van der Waals surface area (Å²) < 4.78 is 53.9. The Balaban J connectivity index is 1.91. The molecule has 0 atom stereocenters. The van der Waals surface area contributed by atoms with Crippen LogP contribution in [-0.2, 0) is 4.79 Å². The third-order valence-corrected chi connectivity index (χ3v) is 3.58. The van der Waals surface area contributed by atoms with Gasteiger partial charge in [-0.05, 0) is 31.7 Å². The lowest BCUT2D eigenvalue weighted by Gasteiger charge is -2.20. The second kappa shape index (κ2) is 6.69. The summed E-state index contributed by atoms with van der Waals surface area (Å²) in [6, 6.07) is 2.48. The lowest BCUT2D eigenvalue weighted by atomic mass is 10.0. The molecular formula is C14H16F4N2O3. The molecule has 1 aliphatic rings. The number of halogens is 4. The predicted octanol–water partition coefficient (Wildman–Crippen LogP) is 2.60. The predicted molar refractivity (Wildman–Crippen MR) is 72.7 cm³/mol. The van der Waals surface area contributed by atoms with Crippen molar-refractivity contribution in [1.82, 2.24) is 4.98 Å². The number of carbonyl (C=O) groups excluding carboxylic acids is 1. The highest BCUT2D eigenvalue weighted by atomic mass is 19.3. The van der Waals surface area contributed by atoms with E-state index in [1.165, 1.54) is 6.07 Å². The summed E-state index contributed by atoms with van der Waals surface area (Å²) in [6.45, 7) is -1.50. The zero-order valence-electron chi connectivity index (χ0n) is 12.1. The largest absolute Gasteiger partial charge is 0.471 e. The average molecular weight is 336 g/mol. The molecule has 1 aromatic heterocycles. The Bertz CT molecular complexity index is 545. The number of ether oxygens (including phenoxy) is 1. The van der Waals surface area contributed by atoms with E-state index in [-0.39, 0.29) is 11.6 Å². The van der Waals surface area contributed by atoms with Gasteiger partial charge in [0, 0.05) is 6.07 Å². The zero-order valence-corrected chi connectivity index (χ0v) is 12.1. The van der Waals surface area contributed by atoms with Crippen molar-refractivity contribution in [1.29, 1.82) is 0 Å². The van der Waals surface area contributed by atoms with Gasteiger partial charge in [-0.3, -0.25) is 4.79 Å². The molecule has 1 fully saturated rings. The van der Waals surface area contributed by atoms with Crippen LogP contribution in [0.3, 0.4) is 0 Å². The number of carbonyl (C=O) groups is 1. The average Bonchev–Trinajstić information content (AvgIpc) is 2.95. The summed E-state index contributed by atoms with van der Waals surface area (Å²) in [5.41, 5.74) is -1.17. The number of nitrogens with zero attached hydrogens (tertiary/aromatic N) is 1. The number of nitrogens with one attached hydrogen (secondary N) is 1. The highest BCUT2D eigenvalue weighted by Crippen LogP contribution is 2.30. The van der Waals surface area contributed by atoms with Crippen LogP contribution in [0.25, 0.3) is 0 Å². The maximum absolute atomic E-state index is 12.7. The molecule has 1 saturated carbocycles. The Morgan fingerprint density at radius 2 is 2.04 bits per heavy atom. The van der Waals surface area contributed by atoms with Gasteiger partial charge in [0.1, 0.15) is 5.60 Å². The van der Waals surface area contributed by atoms with Crippen molar-refractivity contribution in [2.45, 2.75) is 43.6 Å². The van der Waals surface area contributed by atoms with E-state index >= 15 is 0 Å². The standard InChI is InChI=1S/C14H16F4N2O3/c15-11(16)14(17,18)8-23-10-4-3-9(7-19-10)20-12(21)13(22)5-1-2-6-13/h3-4,7,11,22H,1-2,5-6,8H2,(H,20,21). The van der Waals surface area contributed by atoms with Crippen molar-refractivity contribution in [2.75, 3.05) is 11.9 Å². The molecule has 0 radical (unpaired) electrons. The third kappa shape index (κ3) is 4.31. The number of alkyl halides is 4. The molecule has 2 rings (SSSR count). The van der Waals surface area contributed by atoms with E-state index in [0.717, 1.165) is 25.1 Å². The van der Waals surface area contributed by atoms with Crippen LogP contribution in [0.2, 0.25) is 0 Å². The van der Waals surface area contributed by atoms with Crippen molar-refractivity contribution < 1.29 is 32.2 Å². The molecular weight excluding hydrogens is 320 g/mol. The summed E-state index contributed by atoms with van der Waals surface area (Å²) in [7, 11) is 0. The number of aromatic nitrogens is 1. The highest BCUT2D eigenvalue weighted by Gasteiger charge is 2.42. The molecule has 5 nitrogen and oxygen atoms in total. The first kappa shape index (κ1) is 17.5. The molecule has 0 unspecified atom stereocenters. The molecule has 1 aromatic rings. The van der Waals surface area contributed by atoms with Gasteiger partial charge in [-0.1, -0.05) is 0 Å². The zero-order chi connectivity index (χ0) is 17.1. The van der Waals surface area contributed by atoms with Gasteiger partial charge >= 0.3 is 12.3 Å². The van der Waals surface area contributed by atoms with Crippen LogP contribution < -0.4 is 10.1 Å². The van der Waals surface area contributed by atoms with Gasteiger partial charge in [-0.15, -0.1) is 0 Å². The number of anilines is 1. The molecule has 23 heavy (non-hydrogen) atoms. The maximum atomic E-state index is 12.7. The minimum Gasteiger partial charge on any atom is -0.471 e. The molecule has 0 bridgehead atoms.